The van der Waals surface area contributed by atoms with E-state index in [1.165, 1.54) is 48.9 Å². The van der Waals surface area contributed by atoms with E-state index in [2.05, 4.69) is 22.7 Å². The minimum atomic E-state index is -4.08. The van der Waals surface area contributed by atoms with E-state index < -0.39 is 22.5 Å². The molecule has 0 aromatic heterocycles. The lowest BCUT2D eigenvalue weighted by atomic mass is 10.0. The number of anilines is 1. The number of hydrogen-bond acceptors (Lipinski definition) is 6. The number of nitrogens with zero attached hydrogens (tertiary/aromatic N) is 2. The SMILES string of the molecule is COc1ccc(N(CC(=O)N/N=C\c2ccc3c4c(cccc24)CC3)S(=O)(=O)c2ccccc2)cc1OC. The number of sulfonamides is 1. The second-order valence-corrected chi connectivity index (χ2v) is 10.7. The van der Waals surface area contributed by atoms with Crippen molar-refractivity contribution in [1.29, 1.82) is 0 Å². The highest BCUT2D eigenvalue weighted by atomic mass is 32.2. The summed E-state index contributed by atoms with van der Waals surface area (Å²) in [7, 11) is -1.13. The first-order valence-corrected chi connectivity index (χ1v) is 13.5. The van der Waals surface area contributed by atoms with Crippen molar-refractivity contribution in [3.05, 3.63) is 95.6 Å². The summed E-state index contributed by atoms with van der Waals surface area (Å²) < 4.78 is 38.8. The molecule has 1 amide bonds. The van der Waals surface area contributed by atoms with Gasteiger partial charge in [0.25, 0.3) is 15.9 Å². The monoisotopic (exact) mass is 529 g/mol. The first-order chi connectivity index (χ1) is 18.4. The highest BCUT2D eigenvalue weighted by Gasteiger charge is 2.28. The van der Waals surface area contributed by atoms with Gasteiger partial charge in [0.2, 0.25) is 0 Å². The van der Waals surface area contributed by atoms with Crippen LogP contribution in [0.5, 0.6) is 11.5 Å². The molecule has 1 N–H and O–H groups in total. The molecule has 1 aliphatic rings. The molecule has 194 valence electrons. The number of rotatable bonds is 9. The third-order valence-corrected chi connectivity index (χ3v) is 8.37. The molecule has 0 atom stereocenters. The number of nitrogens with one attached hydrogen (secondary N) is 1. The van der Waals surface area contributed by atoms with E-state index >= 15 is 0 Å². The molecular weight excluding hydrogens is 502 g/mol. The van der Waals surface area contributed by atoms with Gasteiger partial charge in [0.15, 0.2) is 11.5 Å². The first kappa shape index (κ1) is 25.3. The Morgan fingerprint density at radius 1 is 0.921 bits per heavy atom. The van der Waals surface area contributed by atoms with Gasteiger partial charge in [-0.15, -0.1) is 0 Å². The molecule has 38 heavy (non-hydrogen) atoms. The number of carbonyl (C=O) groups excluding carboxylic acids is 1. The Labute approximate surface area is 221 Å². The number of hydrazone groups is 1. The standard InChI is InChI=1S/C29H27N3O5S/c1-36-26-16-15-23(17-27(26)37-2)32(38(34,35)24-8-4-3-5-9-24)19-28(33)31-30-18-22-14-13-21-12-11-20-7-6-10-25(22)29(20)21/h3-10,13-18H,11-12,19H2,1-2H3,(H,31,33)/b30-18-. The molecule has 0 saturated carbocycles. The van der Waals surface area contributed by atoms with Crippen LogP contribution in [0.25, 0.3) is 10.8 Å². The van der Waals surface area contributed by atoms with Crippen molar-refractivity contribution in [2.45, 2.75) is 17.7 Å². The van der Waals surface area contributed by atoms with E-state index in [0.29, 0.717) is 11.5 Å². The summed E-state index contributed by atoms with van der Waals surface area (Å²) in [6, 6.07) is 22.9. The number of aryl methyl sites for hydroxylation is 2. The Morgan fingerprint density at radius 2 is 1.66 bits per heavy atom. The smallest absolute Gasteiger partial charge is 0.264 e. The van der Waals surface area contributed by atoms with Crippen molar-refractivity contribution in [1.82, 2.24) is 5.43 Å². The predicted molar refractivity (Wildman–Crippen MR) is 148 cm³/mol. The summed E-state index contributed by atoms with van der Waals surface area (Å²) in [6.07, 6.45) is 3.63. The highest BCUT2D eigenvalue weighted by molar-refractivity contribution is 7.92. The average Bonchev–Trinajstić information content (AvgIpc) is 3.37. The minimum Gasteiger partial charge on any atom is -0.493 e. The first-order valence-electron chi connectivity index (χ1n) is 12.1. The summed E-state index contributed by atoms with van der Waals surface area (Å²) in [5, 5.41) is 6.47. The molecule has 0 fully saturated rings. The van der Waals surface area contributed by atoms with Crippen molar-refractivity contribution < 1.29 is 22.7 Å². The van der Waals surface area contributed by atoms with Crippen molar-refractivity contribution >= 4 is 38.6 Å². The fourth-order valence-corrected chi connectivity index (χ4v) is 6.17. The lowest BCUT2D eigenvalue weighted by Crippen LogP contribution is -2.39. The zero-order valence-corrected chi connectivity index (χ0v) is 21.9. The number of hydrogen-bond donors (Lipinski definition) is 1. The van der Waals surface area contributed by atoms with E-state index in [4.69, 9.17) is 9.47 Å². The Hall–Kier alpha value is -4.37. The van der Waals surface area contributed by atoms with Gasteiger partial charge in [-0.25, -0.2) is 13.8 Å². The molecule has 9 heteroatoms. The molecule has 0 heterocycles. The Kier molecular flexibility index (Phi) is 7.02. The predicted octanol–water partition coefficient (Wildman–Crippen LogP) is 4.30. The van der Waals surface area contributed by atoms with Crippen LogP contribution in [-0.2, 0) is 27.7 Å². The maximum Gasteiger partial charge on any atom is 0.264 e. The van der Waals surface area contributed by atoms with Crippen LogP contribution in [0.4, 0.5) is 5.69 Å². The molecule has 0 bridgehead atoms. The van der Waals surface area contributed by atoms with Crippen LogP contribution in [0.15, 0.2) is 88.9 Å². The minimum absolute atomic E-state index is 0.0546. The fraction of sp³-hybridized carbons (Fsp3) is 0.172. The van der Waals surface area contributed by atoms with Crippen molar-refractivity contribution in [2.24, 2.45) is 5.10 Å². The number of amides is 1. The van der Waals surface area contributed by atoms with E-state index in [1.54, 1.807) is 36.5 Å². The lowest BCUT2D eigenvalue weighted by Gasteiger charge is -2.24. The van der Waals surface area contributed by atoms with Gasteiger partial charge >= 0.3 is 0 Å². The zero-order valence-electron chi connectivity index (χ0n) is 21.0. The van der Waals surface area contributed by atoms with Gasteiger partial charge < -0.3 is 9.47 Å². The van der Waals surface area contributed by atoms with Crippen LogP contribution in [0.2, 0.25) is 0 Å². The Bertz CT molecular complexity index is 1630. The molecule has 0 unspecified atom stereocenters. The van der Waals surface area contributed by atoms with Crippen LogP contribution in [-0.4, -0.2) is 41.3 Å². The molecule has 0 radical (unpaired) electrons. The van der Waals surface area contributed by atoms with Gasteiger partial charge in [-0.1, -0.05) is 48.5 Å². The fourth-order valence-electron chi connectivity index (χ4n) is 4.74. The maximum atomic E-state index is 13.6. The summed E-state index contributed by atoms with van der Waals surface area (Å²) in [5.74, 6) is 0.179. The molecular formula is C29H27N3O5S. The molecule has 8 nitrogen and oxygen atoms in total. The lowest BCUT2D eigenvalue weighted by molar-refractivity contribution is -0.119. The van der Waals surface area contributed by atoms with Crippen LogP contribution in [0.1, 0.15) is 16.7 Å². The maximum absolute atomic E-state index is 13.6. The Balaban J connectivity index is 1.41. The average molecular weight is 530 g/mol. The van der Waals surface area contributed by atoms with E-state index in [-0.39, 0.29) is 10.6 Å². The van der Waals surface area contributed by atoms with Gasteiger partial charge in [-0.05, 0) is 59.0 Å². The molecule has 0 saturated heterocycles. The molecule has 4 aromatic carbocycles. The molecule has 1 aliphatic carbocycles. The molecule has 5 rings (SSSR count). The summed E-state index contributed by atoms with van der Waals surface area (Å²) in [5.41, 5.74) is 6.24. The third kappa shape index (κ3) is 4.80. The topological polar surface area (TPSA) is 97.3 Å². The molecule has 4 aromatic rings. The van der Waals surface area contributed by atoms with Crippen molar-refractivity contribution in [3.8, 4) is 11.5 Å². The third-order valence-electron chi connectivity index (χ3n) is 6.58. The summed E-state index contributed by atoms with van der Waals surface area (Å²) >= 11 is 0. The van der Waals surface area contributed by atoms with Crippen molar-refractivity contribution in [3.63, 3.8) is 0 Å². The summed E-state index contributed by atoms with van der Waals surface area (Å²) in [6.45, 7) is -0.492. The normalized spacial score (nSPS) is 12.6. The summed E-state index contributed by atoms with van der Waals surface area (Å²) in [4.78, 5) is 13.0. The quantitative estimate of drug-likeness (QED) is 0.258. The van der Waals surface area contributed by atoms with Crippen LogP contribution < -0.4 is 19.2 Å². The van der Waals surface area contributed by atoms with Gasteiger partial charge in [0.1, 0.15) is 6.54 Å². The van der Waals surface area contributed by atoms with Gasteiger partial charge in [-0.3, -0.25) is 9.10 Å². The van der Waals surface area contributed by atoms with Crippen LogP contribution in [0.3, 0.4) is 0 Å². The van der Waals surface area contributed by atoms with Gasteiger partial charge in [0, 0.05) is 11.6 Å². The van der Waals surface area contributed by atoms with Gasteiger partial charge in [0.05, 0.1) is 31.0 Å². The second kappa shape index (κ2) is 10.5. The molecule has 0 spiro atoms. The second-order valence-electron chi connectivity index (χ2n) is 8.81. The zero-order chi connectivity index (χ0) is 26.7. The van der Waals surface area contributed by atoms with E-state index in [9.17, 15) is 13.2 Å². The Morgan fingerprint density at radius 3 is 2.39 bits per heavy atom. The van der Waals surface area contributed by atoms with Crippen LogP contribution >= 0.6 is 0 Å². The highest BCUT2D eigenvalue weighted by Crippen LogP contribution is 2.34. The molecule has 0 aliphatic heterocycles. The number of ether oxygens (including phenoxy) is 2. The number of methoxy groups -OCH3 is 2. The van der Waals surface area contributed by atoms with E-state index in [0.717, 1.165) is 28.1 Å². The van der Waals surface area contributed by atoms with Crippen LogP contribution in [0, 0.1) is 0 Å². The van der Waals surface area contributed by atoms with E-state index in [1.807, 2.05) is 18.2 Å². The number of benzene rings is 4. The van der Waals surface area contributed by atoms with Gasteiger partial charge in [-0.2, -0.15) is 5.10 Å². The largest absolute Gasteiger partial charge is 0.493 e. The van der Waals surface area contributed by atoms with Crippen molar-refractivity contribution in [2.75, 3.05) is 25.1 Å². The number of carbonyl (C=O) groups is 1.